The van der Waals surface area contributed by atoms with E-state index in [9.17, 15) is 10.1 Å². The summed E-state index contributed by atoms with van der Waals surface area (Å²) in [5.74, 6) is 0. The molecule has 1 fully saturated rings. The summed E-state index contributed by atoms with van der Waals surface area (Å²) in [5, 5.41) is 14.6. The third-order valence-corrected chi connectivity index (χ3v) is 4.12. The summed E-state index contributed by atoms with van der Waals surface area (Å²) in [6, 6.07) is 4.09. The van der Waals surface area contributed by atoms with Crippen LogP contribution in [0, 0.1) is 10.1 Å². The van der Waals surface area contributed by atoms with Gasteiger partial charge in [-0.3, -0.25) is 10.1 Å². The molecule has 0 unspecified atom stereocenters. The van der Waals surface area contributed by atoms with Crippen LogP contribution in [0.15, 0.2) is 12.1 Å². The maximum Gasteiger partial charge on any atom is 0.274 e. The molecule has 1 atom stereocenters. The zero-order valence-corrected chi connectivity index (χ0v) is 10.4. The number of nitrogens with one attached hydrogen (secondary N) is 1. The Hall–Kier alpha value is -1.42. The minimum Gasteiger partial charge on any atom is -0.310 e. The van der Waals surface area contributed by atoms with Crippen molar-refractivity contribution in [1.82, 2.24) is 5.32 Å². The molecule has 0 bridgehead atoms. The number of aryl methyl sites for hydroxylation is 2. The third kappa shape index (κ3) is 2.01. The van der Waals surface area contributed by atoms with Gasteiger partial charge in [0, 0.05) is 17.7 Å². The van der Waals surface area contributed by atoms with Crippen molar-refractivity contribution in [3.05, 3.63) is 38.9 Å². The van der Waals surface area contributed by atoms with Crippen molar-refractivity contribution in [1.29, 1.82) is 0 Å². The first-order chi connectivity index (χ1) is 8.75. The van der Waals surface area contributed by atoms with Crippen LogP contribution in [0.3, 0.4) is 0 Å². The lowest BCUT2D eigenvalue weighted by molar-refractivity contribution is -0.385. The first-order valence-corrected chi connectivity index (χ1v) is 6.79. The van der Waals surface area contributed by atoms with Gasteiger partial charge in [-0.15, -0.1) is 0 Å². The molecule has 0 radical (unpaired) electrons. The van der Waals surface area contributed by atoms with E-state index in [1.54, 1.807) is 0 Å². The maximum atomic E-state index is 11.2. The molecule has 4 nitrogen and oxygen atoms in total. The lowest BCUT2D eigenvalue weighted by atomic mass is 9.88. The Morgan fingerprint density at radius 1 is 1.17 bits per heavy atom. The summed E-state index contributed by atoms with van der Waals surface area (Å²) < 4.78 is 0. The van der Waals surface area contributed by atoms with Crippen LogP contribution in [-0.4, -0.2) is 11.5 Å². The van der Waals surface area contributed by atoms with Crippen LogP contribution in [0.2, 0.25) is 0 Å². The van der Waals surface area contributed by atoms with Crippen LogP contribution < -0.4 is 5.32 Å². The molecule has 1 saturated heterocycles. The van der Waals surface area contributed by atoms with Crippen LogP contribution in [0.4, 0.5) is 5.69 Å². The van der Waals surface area contributed by atoms with Gasteiger partial charge in [-0.2, -0.15) is 0 Å². The Morgan fingerprint density at radius 3 is 2.50 bits per heavy atom. The molecular weight excluding hydrogens is 228 g/mol. The van der Waals surface area contributed by atoms with Crippen LogP contribution in [0.1, 0.15) is 48.4 Å². The zero-order chi connectivity index (χ0) is 12.5. The predicted octanol–water partition coefficient (Wildman–Crippen LogP) is 2.90. The monoisotopic (exact) mass is 246 g/mol. The van der Waals surface area contributed by atoms with E-state index in [2.05, 4.69) is 11.4 Å². The molecule has 3 rings (SSSR count). The second-order valence-electron chi connectivity index (χ2n) is 5.29. The van der Waals surface area contributed by atoms with Gasteiger partial charge in [0.2, 0.25) is 0 Å². The van der Waals surface area contributed by atoms with E-state index in [4.69, 9.17) is 0 Å². The Labute approximate surface area is 107 Å². The Bertz CT molecular complexity index is 479. The molecule has 0 spiro atoms. The van der Waals surface area contributed by atoms with Crippen LogP contribution in [0.25, 0.3) is 0 Å². The lowest BCUT2D eigenvalue weighted by Crippen LogP contribution is -2.16. The van der Waals surface area contributed by atoms with E-state index < -0.39 is 0 Å². The van der Waals surface area contributed by atoms with Crippen molar-refractivity contribution in [3.63, 3.8) is 0 Å². The minimum absolute atomic E-state index is 0.178. The van der Waals surface area contributed by atoms with Crippen LogP contribution in [0.5, 0.6) is 0 Å². The quantitative estimate of drug-likeness (QED) is 0.644. The fourth-order valence-electron chi connectivity index (χ4n) is 3.18. The van der Waals surface area contributed by atoms with Gasteiger partial charge in [0.15, 0.2) is 0 Å². The minimum atomic E-state index is -0.218. The smallest absolute Gasteiger partial charge is 0.274 e. The van der Waals surface area contributed by atoms with Crippen LogP contribution in [-0.2, 0) is 12.8 Å². The molecule has 1 aromatic carbocycles. The van der Waals surface area contributed by atoms with Gasteiger partial charge in [-0.05, 0) is 62.3 Å². The van der Waals surface area contributed by atoms with Gasteiger partial charge in [-0.25, -0.2) is 0 Å². The third-order valence-electron chi connectivity index (χ3n) is 4.12. The highest BCUT2D eigenvalue weighted by atomic mass is 16.6. The van der Waals surface area contributed by atoms with Gasteiger partial charge < -0.3 is 5.32 Å². The largest absolute Gasteiger partial charge is 0.310 e. The first kappa shape index (κ1) is 11.7. The summed E-state index contributed by atoms with van der Waals surface area (Å²) in [6.45, 7) is 0.971. The Morgan fingerprint density at radius 2 is 1.89 bits per heavy atom. The van der Waals surface area contributed by atoms with Crippen molar-refractivity contribution in [3.8, 4) is 0 Å². The molecule has 0 aromatic heterocycles. The normalized spacial score (nSPS) is 22.8. The van der Waals surface area contributed by atoms with E-state index >= 15 is 0 Å². The van der Waals surface area contributed by atoms with E-state index in [0.29, 0.717) is 5.69 Å². The topological polar surface area (TPSA) is 55.2 Å². The molecule has 1 aliphatic carbocycles. The Balaban J connectivity index is 2.06. The van der Waals surface area contributed by atoms with Crippen molar-refractivity contribution >= 4 is 5.69 Å². The summed E-state index contributed by atoms with van der Waals surface area (Å²) >= 11 is 0. The fourth-order valence-corrected chi connectivity index (χ4v) is 3.18. The average molecular weight is 246 g/mol. The predicted molar refractivity (Wildman–Crippen MR) is 69.7 cm³/mol. The number of fused-ring (bicyclic) bond motifs is 1. The average Bonchev–Trinajstić information content (AvgIpc) is 2.91. The van der Waals surface area contributed by atoms with Crippen molar-refractivity contribution in [2.24, 2.45) is 0 Å². The van der Waals surface area contributed by atoms with Crippen molar-refractivity contribution in [2.45, 2.75) is 44.6 Å². The van der Waals surface area contributed by atoms with E-state index in [-0.39, 0.29) is 11.0 Å². The highest BCUT2D eigenvalue weighted by Crippen LogP contribution is 2.35. The second kappa shape index (κ2) is 4.69. The maximum absolute atomic E-state index is 11.2. The molecule has 1 N–H and O–H groups in total. The zero-order valence-electron chi connectivity index (χ0n) is 10.4. The van der Waals surface area contributed by atoms with E-state index in [1.165, 1.54) is 17.5 Å². The highest BCUT2D eigenvalue weighted by Gasteiger charge is 2.27. The van der Waals surface area contributed by atoms with Gasteiger partial charge in [-0.1, -0.05) is 0 Å². The molecule has 18 heavy (non-hydrogen) atoms. The summed E-state index contributed by atoms with van der Waals surface area (Å²) in [6.07, 6.45) is 6.56. The fraction of sp³-hybridized carbons (Fsp3) is 0.571. The molecule has 1 heterocycles. The van der Waals surface area contributed by atoms with Gasteiger partial charge >= 0.3 is 0 Å². The first-order valence-electron chi connectivity index (χ1n) is 6.79. The highest BCUT2D eigenvalue weighted by molar-refractivity contribution is 5.50. The number of hydrogen-bond acceptors (Lipinski definition) is 3. The summed E-state index contributed by atoms with van der Waals surface area (Å²) in [5.41, 5.74) is 3.73. The number of nitro groups is 1. The molecule has 1 aliphatic heterocycles. The number of benzene rings is 1. The molecule has 2 aliphatic rings. The molecule has 0 saturated carbocycles. The van der Waals surface area contributed by atoms with Gasteiger partial charge in [0.25, 0.3) is 5.69 Å². The molecular formula is C14H18N2O2. The van der Waals surface area contributed by atoms with Crippen molar-refractivity contribution in [2.75, 3.05) is 6.54 Å². The SMILES string of the molecule is O=[N+]([O-])c1cc2c(cc1[C@H]1CCCN1)CCCC2. The molecule has 0 amide bonds. The second-order valence-corrected chi connectivity index (χ2v) is 5.29. The molecule has 4 heteroatoms. The number of nitrogens with zero attached hydrogens (tertiary/aromatic N) is 1. The standard InChI is InChI=1S/C14H18N2O2/c17-16(18)14-9-11-5-2-1-4-10(11)8-12(14)13-6-3-7-15-13/h8-9,13,15H,1-7H2/t13-/m1/s1. The molecule has 1 aromatic rings. The van der Waals surface area contributed by atoms with E-state index in [0.717, 1.165) is 44.2 Å². The lowest BCUT2D eigenvalue weighted by Gasteiger charge is -2.19. The summed E-state index contributed by atoms with van der Waals surface area (Å²) in [4.78, 5) is 11.0. The van der Waals surface area contributed by atoms with Gasteiger partial charge in [0.1, 0.15) is 0 Å². The van der Waals surface area contributed by atoms with E-state index in [1.807, 2.05) is 6.07 Å². The number of rotatable bonds is 2. The summed E-state index contributed by atoms with van der Waals surface area (Å²) in [7, 11) is 0. The van der Waals surface area contributed by atoms with Crippen LogP contribution >= 0.6 is 0 Å². The Kier molecular flexibility index (Phi) is 3.04. The van der Waals surface area contributed by atoms with Crippen molar-refractivity contribution < 1.29 is 4.92 Å². The number of hydrogen-bond donors (Lipinski definition) is 1. The van der Waals surface area contributed by atoms with Gasteiger partial charge in [0.05, 0.1) is 4.92 Å². The number of nitro benzene ring substituents is 1. The molecule has 96 valence electrons.